The van der Waals surface area contributed by atoms with Crippen LogP contribution in [0.1, 0.15) is 32.6 Å². The molecule has 0 radical (unpaired) electrons. The molecular weight excluding hydrogens is 502 g/mol. The summed E-state index contributed by atoms with van der Waals surface area (Å²) in [7, 11) is -1.60. The van der Waals surface area contributed by atoms with Gasteiger partial charge in [-0.05, 0) is 51.1 Å². The monoisotopic (exact) mass is 543 g/mol. The third kappa shape index (κ3) is 4.63. The molecule has 38 heavy (non-hydrogen) atoms. The number of ether oxygens (including phenoxy) is 2. The quantitative estimate of drug-likeness (QED) is 0.582. The number of morpholine rings is 1. The van der Waals surface area contributed by atoms with Gasteiger partial charge in [0.2, 0.25) is 10.0 Å². The number of pyridine rings is 1. The van der Waals surface area contributed by atoms with Gasteiger partial charge in [0.1, 0.15) is 0 Å². The number of anilines is 1. The standard InChI is InChI=1S/C28H41N5O4S/c1-3-22-17-31(13-12-30(22)2)26-7-8-27(24-9-10-29-16-25(24)26)38(34,35)32-14-15-36-20-28(19-32)21-37-18-23-6-4-5-11-33(23)28/h7-10,16,22-23H,3-6,11-15,17-21H2,1-2H3/t22?,23-,28+/m1/s1. The maximum absolute atomic E-state index is 14.3. The first-order valence-corrected chi connectivity index (χ1v) is 15.6. The summed E-state index contributed by atoms with van der Waals surface area (Å²) in [5.41, 5.74) is 0.616. The molecule has 6 rings (SSSR count). The molecule has 1 spiro atoms. The van der Waals surface area contributed by atoms with E-state index in [1.165, 1.54) is 6.42 Å². The summed E-state index contributed by atoms with van der Waals surface area (Å²) in [4.78, 5) is 12.0. The summed E-state index contributed by atoms with van der Waals surface area (Å²) in [5.74, 6) is 0. The molecule has 4 aliphatic rings. The van der Waals surface area contributed by atoms with E-state index in [9.17, 15) is 8.42 Å². The van der Waals surface area contributed by atoms with E-state index >= 15 is 0 Å². The zero-order valence-electron chi connectivity index (χ0n) is 22.7. The Kier molecular flexibility index (Phi) is 7.39. The van der Waals surface area contributed by atoms with Crippen molar-refractivity contribution in [3.63, 3.8) is 0 Å². The predicted molar refractivity (Wildman–Crippen MR) is 148 cm³/mol. The van der Waals surface area contributed by atoms with Crippen molar-refractivity contribution in [2.45, 2.75) is 55.1 Å². The van der Waals surface area contributed by atoms with Crippen LogP contribution in [0.5, 0.6) is 0 Å². The Hall–Kier alpha value is -1.82. The number of benzene rings is 1. The zero-order valence-corrected chi connectivity index (χ0v) is 23.5. The lowest BCUT2D eigenvalue weighted by atomic mass is 9.89. The van der Waals surface area contributed by atoms with E-state index < -0.39 is 15.6 Å². The molecule has 1 aromatic carbocycles. The fraction of sp³-hybridized carbons (Fsp3) is 0.679. The van der Waals surface area contributed by atoms with Gasteiger partial charge in [-0.3, -0.25) is 14.8 Å². The molecule has 0 amide bonds. The zero-order chi connectivity index (χ0) is 26.3. The second-order valence-corrected chi connectivity index (χ2v) is 13.4. The van der Waals surface area contributed by atoms with Crippen molar-refractivity contribution in [1.29, 1.82) is 0 Å². The van der Waals surface area contributed by atoms with Gasteiger partial charge < -0.3 is 14.4 Å². The molecule has 1 unspecified atom stereocenters. The number of nitrogens with zero attached hydrogens (tertiary/aromatic N) is 5. The Morgan fingerprint density at radius 1 is 1.05 bits per heavy atom. The highest BCUT2D eigenvalue weighted by Crippen LogP contribution is 2.37. The summed E-state index contributed by atoms with van der Waals surface area (Å²) < 4.78 is 42.5. The van der Waals surface area contributed by atoms with E-state index in [0.717, 1.165) is 68.5 Å². The highest BCUT2D eigenvalue weighted by atomic mass is 32.2. The van der Waals surface area contributed by atoms with Crippen LogP contribution in [0.4, 0.5) is 5.69 Å². The number of sulfonamides is 1. The molecule has 10 heteroatoms. The van der Waals surface area contributed by atoms with Crippen LogP contribution in [0.3, 0.4) is 0 Å². The lowest BCUT2D eigenvalue weighted by molar-refractivity contribution is -0.138. The van der Waals surface area contributed by atoms with Gasteiger partial charge in [0.15, 0.2) is 0 Å². The minimum Gasteiger partial charge on any atom is -0.378 e. The first kappa shape index (κ1) is 26.4. The van der Waals surface area contributed by atoms with Gasteiger partial charge in [-0.2, -0.15) is 4.31 Å². The molecule has 4 aliphatic heterocycles. The SMILES string of the molecule is CCC1CN(c2ccc(S(=O)(=O)N3CCOC[C@]4(COC[C@H]5CCCCN54)C3)c3ccncc23)CCN1C. The van der Waals surface area contributed by atoms with Crippen molar-refractivity contribution in [1.82, 2.24) is 19.1 Å². The molecule has 9 nitrogen and oxygen atoms in total. The van der Waals surface area contributed by atoms with Crippen molar-refractivity contribution in [2.75, 3.05) is 77.6 Å². The molecule has 208 valence electrons. The molecule has 0 bridgehead atoms. The van der Waals surface area contributed by atoms with Crippen LogP contribution in [0.25, 0.3) is 10.8 Å². The maximum Gasteiger partial charge on any atom is 0.243 e. The topological polar surface area (TPSA) is 78.5 Å². The van der Waals surface area contributed by atoms with Gasteiger partial charge in [0, 0.05) is 73.7 Å². The molecule has 2 aromatic rings. The third-order valence-electron chi connectivity index (χ3n) is 9.21. The van der Waals surface area contributed by atoms with E-state index in [4.69, 9.17) is 9.47 Å². The number of rotatable bonds is 4. The Balaban J connectivity index is 1.35. The number of fused-ring (bicyclic) bond motifs is 3. The number of piperidine rings is 1. The molecule has 0 N–H and O–H groups in total. The molecule has 5 heterocycles. The van der Waals surface area contributed by atoms with Crippen molar-refractivity contribution >= 4 is 26.5 Å². The molecule has 0 saturated carbocycles. The van der Waals surface area contributed by atoms with Gasteiger partial charge in [0.05, 0.1) is 36.9 Å². The molecule has 4 fully saturated rings. The van der Waals surface area contributed by atoms with E-state index in [1.807, 2.05) is 24.4 Å². The van der Waals surface area contributed by atoms with Crippen LogP contribution in [-0.4, -0.2) is 118 Å². The fourth-order valence-electron chi connectivity index (χ4n) is 7.01. The summed E-state index contributed by atoms with van der Waals surface area (Å²) in [6.45, 7) is 8.84. The summed E-state index contributed by atoms with van der Waals surface area (Å²) in [6, 6.07) is 6.47. The van der Waals surface area contributed by atoms with Crippen LogP contribution in [-0.2, 0) is 19.5 Å². The molecule has 3 atom stereocenters. The molecular formula is C28H41N5O4S. The van der Waals surface area contributed by atoms with Gasteiger partial charge >= 0.3 is 0 Å². The summed E-state index contributed by atoms with van der Waals surface area (Å²) in [5, 5.41) is 1.63. The van der Waals surface area contributed by atoms with Crippen molar-refractivity contribution in [2.24, 2.45) is 0 Å². The number of hydrogen-bond donors (Lipinski definition) is 0. The third-order valence-corrected chi connectivity index (χ3v) is 11.1. The second-order valence-electron chi connectivity index (χ2n) is 11.5. The van der Waals surface area contributed by atoms with E-state index in [0.29, 0.717) is 49.9 Å². The van der Waals surface area contributed by atoms with Crippen LogP contribution in [0.2, 0.25) is 0 Å². The van der Waals surface area contributed by atoms with E-state index in [2.05, 4.69) is 33.7 Å². The fourth-order valence-corrected chi connectivity index (χ4v) is 8.71. The van der Waals surface area contributed by atoms with Gasteiger partial charge in [-0.1, -0.05) is 13.3 Å². The molecule has 0 aliphatic carbocycles. The van der Waals surface area contributed by atoms with Crippen LogP contribution >= 0.6 is 0 Å². The highest BCUT2D eigenvalue weighted by molar-refractivity contribution is 7.89. The maximum atomic E-state index is 14.3. The number of piperazine rings is 1. The Labute approximate surface area is 226 Å². The Bertz CT molecular complexity index is 1260. The van der Waals surface area contributed by atoms with Crippen molar-refractivity contribution in [3.05, 3.63) is 30.6 Å². The van der Waals surface area contributed by atoms with Gasteiger partial charge in [0.25, 0.3) is 0 Å². The summed E-state index contributed by atoms with van der Waals surface area (Å²) in [6.07, 6.45) is 8.03. The highest BCUT2D eigenvalue weighted by Gasteiger charge is 2.49. The lowest BCUT2D eigenvalue weighted by Crippen LogP contribution is -2.68. The Morgan fingerprint density at radius 3 is 2.79 bits per heavy atom. The van der Waals surface area contributed by atoms with Crippen LogP contribution in [0.15, 0.2) is 35.5 Å². The Morgan fingerprint density at radius 2 is 1.92 bits per heavy atom. The largest absolute Gasteiger partial charge is 0.378 e. The number of likely N-dealkylation sites (N-methyl/N-ethyl adjacent to an activating group) is 1. The minimum absolute atomic E-state index is 0.338. The van der Waals surface area contributed by atoms with Crippen molar-refractivity contribution in [3.8, 4) is 0 Å². The first-order chi connectivity index (χ1) is 18.4. The van der Waals surface area contributed by atoms with Gasteiger partial charge in [-0.15, -0.1) is 0 Å². The number of hydrogen-bond acceptors (Lipinski definition) is 8. The molecule has 4 saturated heterocycles. The van der Waals surface area contributed by atoms with Gasteiger partial charge in [-0.25, -0.2) is 8.42 Å². The normalized spacial score (nSPS) is 30.4. The first-order valence-electron chi connectivity index (χ1n) is 14.2. The smallest absolute Gasteiger partial charge is 0.243 e. The predicted octanol–water partition coefficient (Wildman–Crippen LogP) is 2.41. The van der Waals surface area contributed by atoms with Crippen molar-refractivity contribution < 1.29 is 17.9 Å². The van der Waals surface area contributed by atoms with Crippen LogP contribution in [0, 0.1) is 0 Å². The van der Waals surface area contributed by atoms with Crippen LogP contribution < -0.4 is 4.90 Å². The minimum atomic E-state index is -3.78. The average Bonchev–Trinajstić information content (AvgIpc) is 3.17. The number of aromatic nitrogens is 1. The van der Waals surface area contributed by atoms with E-state index in [1.54, 1.807) is 10.5 Å². The van der Waals surface area contributed by atoms with E-state index in [-0.39, 0.29) is 0 Å². The lowest BCUT2D eigenvalue weighted by Gasteiger charge is -2.53. The average molecular weight is 544 g/mol. The second kappa shape index (κ2) is 10.6. The molecule has 1 aromatic heterocycles. The summed E-state index contributed by atoms with van der Waals surface area (Å²) >= 11 is 0.